The largest absolute Gasteiger partial charge is 0.467 e. The fraction of sp³-hybridized carbons (Fsp3) is 0.375. The standard InChI is InChI=1S/C16H21N3O3/c1-4-19(10-13-6-5-7-22-13)16(21)17-9-14-11(2)8-12(3)18-15(14)20/h5-8H,4,9-10H2,1-3H3,(H,17,21)(H,18,20). The Morgan fingerprint density at radius 2 is 2.18 bits per heavy atom. The average molecular weight is 303 g/mol. The molecule has 6 heteroatoms. The number of amides is 2. The van der Waals surface area contributed by atoms with Crippen LogP contribution in [0.5, 0.6) is 0 Å². The number of aromatic nitrogens is 1. The second-order valence-corrected chi connectivity index (χ2v) is 5.20. The molecule has 0 aliphatic heterocycles. The van der Waals surface area contributed by atoms with Gasteiger partial charge in [-0.05, 0) is 44.5 Å². The van der Waals surface area contributed by atoms with Crippen LogP contribution in [0.15, 0.2) is 33.7 Å². The third kappa shape index (κ3) is 3.78. The molecule has 0 spiro atoms. The molecule has 0 bridgehead atoms. The van der Waals surface area contributed by atoms with Gasteiger partial charge in [0.05, 0.1) is 19.4 Å². The second kappa shape index (κ2) is 6.98. The Morgan fingerprint density at radius 3 is 2.77 bits per heavy atom. The van der Waals surface area contributed by atoms with Crippen LogP contribution in [0.1, 0.15) is 29.5 Å². The number of nitrogens with one attached hydrogen (secondary N) is 2. The van der Waals surface area contributed by atoms with E-state index in [0.29, 0.717) is 18.7 Å². The smallest absolute Gasteiger partial charge is 0.318 e. The topological polar surface area (TPSA) is 78.3 Å². The van der Waals surface area contributed by atoms with E-state index in [1.54, 1.807) is 17.2 Å². The number of furan rings is 1. The Hall–Kier alpha value is -2.50. The predicted octanol–water partition coefficient (Wildman–Crippen LogP) is 2.32. The van der Waals surface area contributed by atoms with Crippen molar-refractivity contribution in [3.8, 4) is 0 Å². The van der Waals surface area contributed by atoms with Gasteiger partial charge in [-0.3, -0.25) is 4.79 Å². The number of aromatic amines is 1. The number of hydrogen-bond donors (Lipinski definition) is 2. The molecule has 0 saturated heterocycles. The van der Waals surface area contributed by atoms with Crippen molar-refractivity contribution in [1.82, 2.24) is 15.2 Å². The molecule has 2 aromatic heterocycles. The number of hydrogen-bond acceptors (Lipinski definition) is 3. The molecule has 0 unspecified atom stereocenters. The van der Waals surface area contributed by atoms with Gasteiger partial charge in [0.25, 0.3) is 5.56 Å². The Labute approximate surface area is 129 Å². The number of nitrogens with zero attached hydrogens (tertiary/aromatic N) is 1. The number of pyridine rings is 1. The summed E-state index contributed by atoms with van der Waals surface area (Å²) in [5, 5.41) is 2.79. The minimum atomic E-state index is -0.224. The van der Waals surface area contributed by atoms with Crippen LogP contribution in [0.3, 0.4) is 0 Å². The van der Waals surface area contributed by atoms with E-state index in [2.05, 4.69) is 10.3 Å². The van der Waals surface area contributed by atoms with Crippen molar-refractivity contribution in [1.29, 1.82) is 0 Å². The van der Waals surface area contributed by atoms with Gasteiger partial charge in [0.1, 0.15) is 5.76 Å². The van der Waals surface area contributed by atoms with Gasteiger partial charge in [-0.15, -0.1) is 0 Å². The van der Waals surface area contributed by atoms with Crippen molar-refractivity contribution >= 4 is 6.03 Å². The molecule has 2 heterocycles. The maximum Gasteiger partial charge on any atom is 0.318 e. The zero-order valence-electron chi connectivity index (χ0n) is 13.1. The second-order valence-electron chi connectivity index (χ2n) is 5.20. The van der Waals surface area contributed by atoms with Crippen LogP contribution in [0.25, 0.3) is 0 Å². The lowest BCUT2D eigenvalue weighted by atomic mass is 10.1. The summed E-state index contributed by atoms with van der Waals surface area (Å²) in [6.07, 6.45) is 1.58. The molecule has 2 N–H and O–H groups in total. The van der Waals surface area contributed by atoms with Crippen molar-refractivity contribution in [2.45, 2.75) is 33.9 Å². The third-order valence-corrected chi connectivity index (χ3v) is 3.51. The van der Waals surface area contributed by atoms with Gasteiger partial charge in [0.2, 0.25) is 0 Å². The van der Waals surface area contributed by atoms with Crippen LogP contribution in [-0.2, 0) is 13.1 Å². The summed E-state index contributed by atoms with van der Waals surface area (Å²) in [5.41, 5.74) is 2.10. The highest BCUT2D eigenvalue weighted by atomic mass is 16.3. The van der Waals surface area contributed by atoms with Crippen LogP contribution in [0.4, 0.5) is 4.79 Å². The lowest BCUT2D eigenvalue weighted by Gasteiger charge is -2.20. The van der Waals surface area contributed by atoms with Crippen LogP contribution in [0.2, 0.25) is 0 Å². The molecule has 0 saturated carbocycles. The molecule has 0 radical (unpaired) electrons. The maximum atomic E-state index is 12.2. The van der Waals surface area contributed by atoms with E-state index in [-0.39, 0.29) is 18.1 Å². The number of carbonyl (C=O) groups is 1. The van der Waals surface area contributed by atoms with Crippen LogP contribution in [-0.4, -0.2) is 22.5 Å². The highest BCUT2D eigenvalue weighted by molar-refractivity contribution is 5.74. The van der Waals surface area contributed by atoms with Crippen LogP contribution in [0, 0.1) is 13.8 Å². The summed E-state index contributed by atoms with van der Waals surface area (Å²) in [5.74, 6) is 0.723. The Balaban J connectivity index is 2.01. The van der Waals surface area contributed by atoms with Crippen molar-refractivity contribution in [2.24, 2.45) is 0 Å². The number of aryl methyl sites for hydroxylation is 2. The summed E-state index contributed by atoms with van der Waals surface area (Å²) in [6.45, 7) is 6.75. The highest BCUT2D eigenvalue weighted by Crippen LogP contribution is 2.07. The van der Waals surface area contributed by atoms with Crippen molar-refractivity contribution in [2.75, 3.05) is 6.54 Å². The highest BCUT2D eigenvalue weighted by Gasteiger charge is 2.14. The Morgan fingerprint density at radius 1 is 1.41 bits per heavy atom. The minimum absolute atomic E-state index is 0.160. The van der Waals surface area contributed by atoms with Gasteiger partial charge in [-0.2, -0.15) is 0 Å². The molecule has 22 heavy (non-hydrogen) atoms. The van der Waals surface area contributed by atoms with Crippen LogP contribution >= 0.6 is 0 Å². The summed E-state index contributed by atoms with van der Waals surface area (Å²) < 4.78 is 5.25. The normalized spacial score (nSPS) is 10.5. The van der Waals surface area contributed by atoms with E-state index in [1.807, 2.05) is 32.9 Å². The van der Waals surface area contributed by atoms with E-state index < -0.39 is 0 Å². The number of carbonyl (C=O) groups excluding carboxylic acids is 1. The summed E-state index contributed by atoms with van der Waals surface area (Å²) in [6, 6.07) is 5.28. The zero-order chi connectivity index (χ0) is 16.1. The van der Waals surface area contributed by atoms with Crippen LogP contribution < -0.4 is 10.9 Å². The molecule has 0 atom stereocenters. The first-order chi connectivity index (χ1) is 10.5. The lowest BCUT2D eigenvalue weighted by molar-refractivity contribution is 0.193. The molecule has 0 aliphatic carbocycles. The fourth-order valence-corrected chi connectivity index (χ4v) is 2.29. The summed E-state index contributed by atoms with van der Waals surface area (Å²) in [4.78, 5) is 28.5. The van der Waals surface area contributed by atoms with Gasteiger partial charge in [-0.25, -0.2) is 4.79 Å². The molecule has 0 aliphatic rings. The Bertz CT molecular complexity index is 689. The van der Waals surface area contributed by atoms with Gasteiger partial charge in [-0.1, -0.05) is 0 Å². The van der Waals surface area contributed by atoms with E-state index in [4.69, 9.17) is 4.42 Å². The molecule has 2 aromatic rings. The van der Waals surface area contributed by atoms with Gasteiger partial charge in [0.15, 0.2) is 0 Å². The zero-order valence-corrected chi connectivity index (χ0v) is 13.1. The van der Waals surface area contributed by atoms with Crippen molar-refractivity contribution < 1.29 is 9.21 Å². The summed E-state index contributed by atoms with van der Waals surface area (Å²) in [7, 11) is 0. The molecule has 2 rings (SSSR count). The quantitative estimate of drug-likeness (QED) is 0.889. The number of urea groups is 1. The predicted molar refractivity (Wildman–Crippen MR) is 83.6 cm³/mol. The first-order valence-corrected chi connectivity index (χ1v) is 7.25. The van der Waals surface area contributed by atoms with Gasteiger partial charge >= 0.3 is 6.03 Å². The molecule has 0 fully saturated rings. The number of rotatable bonds is 5. The van der Waals surface area contributed by atoms with Crippen molar-refractivity contribution in [3.05, 3.63) is 57.4 Å². The first-order valence-electron chi connectivity index (χ1n) is 7.25. The molecular weight excluding hydrogens is 282 g/mol. The Kier molecular flexibility index (Phi) is 5.04. The van der Waals surface area contributed by atoms with Crippen molar-refractivity contribution in [3.63, 3.8) is 0 Å². The van der Waals surface area contributed by atoms with Gasteiger partial charge in [0, 0.05) is 17.8 Å². The maximum absolute atomic E-state index is 12.2. The third-order valence-electron chi connectivity index (χ3n) is 3.51. The monoisotopic (exact) mass is 303 g/mol. The summed E-state index contributed by atoms with van der Waals surface area (Å²) >= 11 is 0. The molecule has 2 amide bonds. The van der Waals surface area contributed by atoms with E-state index in [0.717, 1.165) is 17.0 Å². The number of H-pyrrole nitrogens is 1. The first kappa shape index (κ1) is 15.9. The SMILES string of the molecule is CCN(Cc1ccco1)C(=O)NCc1c(C)cc(C)[nH]c1=O. The fourth-order valence-electron chi connectivity index (χ4n) is 2.29. The molecular formula is C16H21N3O3. The van der Waals surface area contributed by atoms with E-state index >= 15 is 0 Å². The van der Waals surface area contributed by atoms with E-state index in [9.17, 15) is 9.59 Å². The van der Waals surface area contributed by atoms with Gasteiger partial charge < -0.3 is 19.6 Å². The molecule has 118 valence electrons. The van der Waals surface area contributed by atoms with E-state index in [1.165, 1.54) is 0 Å². The minimum Gasteiger partial charge on any atom is -0.467 e. The average Bonchev–Trinajstić information content (AvgIpc) is 2.96. The molecule has 0 aromatic carbocycles. The lowest BCUT2D eigenvalue weighted by Crippen LogP contribution is -2.40. The molecule has 6 nitrogen and oxygen atoms in total.